The number of aliphatic hydroxyl groups is 1. The van der Waals surface area contributed by atoms with Crippen LogP contribution in [0.2, 0.25) is 5.15 Å². The molecule has 0 amide bonds. The number of methoxy groups -OCH3 is 1. The van der Waals surface area contributed by atoms with E-state index in [9.17, 15) is 0 Å². The van der Waals surface area contributed by atoms with Gasteiger partial charge in [0.05, 0.1) is 13.2 Å². The van der Waals surface area contributed by atoms with Crippen LogP contribution in [0.15, 0.2) is 12.3 Å². The van der Waals surface area contributed by atoms with Crippen LogP contribution in [0.3, 0.4) is 0 Å². The molecule has 0 aromatic carbocycles. The fourth-order valence-corrected chi connectivity index (χ4v) is 1.11. The maximum atomic E-state index is 8.90. The van der Waals surface area contributed by atoms with Crippen molar-refractivity contribution in [2.45, 2.75) is 13.2 Å². The topological polar surface area (TPSA) is 42.4 Å². The van der Waals surface area contributed by atoms with Crippen LogP contribution < -0.4 is 0 Å². The maximum absolute atomic E-state index is 8.90. The molecule has 0 saturated heterocycles. The number of aromatic nitrogens is 1. The molecule has 1 rings (SSSR count). The first-order valence-corrected chi connectivity index (χ1v) is 3.89. The van der Waals surface area contributed by atoms with E-state index >= 15 is 0 Å². The first kappa shape index (κ1) is 9.45. The zero-order valence-electron chi connectivity index (χ0n) is 6.75. The molecule has 0 bridgehead atoms. The summed E-state index contributed by atoms with van der Waals surface area (Å²) >= 11 is 5.66. The van der Waals surface area contributed by atoms with Crippen LogP contribution in [0.5, 0.6) is 0 Å². The zero-order chi connectivity index (χ0) is 8.97. The Bertz CT molecular complexity index is 265. The average molecular weight is 188 g/mol. The average Bonchev–Trinajstić information content (AvgIpc) is 2.05. The molecule has 0 unspecified atom stereocenters. The van der Waals surface area contributed by atoms with Crippen molar-refractivity contribution >= 4 is 11.6 Å². The van der Waals surface area contributed by atoms with Gasteiger partial charge >= 0.3 is 0 Å². The quantitative estimate of drug-likeness (QED) is 0.727. The van der Waals surface area contributed by atoms with Crippen molar-refractivity contribution in [3.05, 3.63) is 28.5 Å². The Morgan fingerprint density at radius 3 is 2.92 bits per heavy atom. The summed E-state index contributed by atoms with van der Waals surface area (Å²) in [4.78, 5) is 3.84. The zero-order valence-corrected chi connectivity index (χ0v) is 7.51. The van der Waals surface area contributed by atoms with Gasteiger partial charge in [0.25, 0.3) is 0 Å². The van der Waals surface area contributed by atoms with Crippen molar-refractivity contribution in [3.63, 3.8) is 0 Å². The highest BCUT2D eigenvalue weighted by Crippen LogP contribution is 2.13. The molecule has 66 valence electrons. The first-order valence-electron chi connectivity index (χ1n) is 3.51. The molecule has 0 atom stereocenters. The fourth-order valence-electron chi connectivity index (χ4n) is 0.928. The van der Waals surface area contributed by atoms with Gasteiger partial charge < -0.3 is 9.84 Å². The summed E-state index contributed by atoms with van der Waals surface area (Å²) in [6, 6.07) is 1.69. The van der Waals surface area contributed by atoms with E-state index in [1.807, 2.05) is 0 Å². The van der Waals surface area contributed by atoms with Gasteiger partial charge in [-0.3, -0.25) is 0 Å². The van der Waals surface area contributed by atoms with Crippen LogP contribution in [-0.2, 0) is 18.0 Å². The van der Waals surface area contributed by atoms with Crippen molar-refractivity contribution in [1.82, 2.24) is 4.98 Å². The summed E-state index contributed by atoms with van der Waals surface area (Å²) < 4.78 is 4.93. The van der Waals surface area contributed by atoms with Crippen LogP contribution in [0.4, 0.5) is 0 Å². The third-order valence-electron chi connectivity index (χ3n) is 1.52. The predicted molar refractivity (Wildman–Crippen MR) is 45.9 cm³/mol. The van der Waals surface area contributed by atoms with Crippen LogP contribution in [0, 0.1) is 0 Å². The molecule has 1 heterocycles. The van der Waals surface area contributed by atoms with Crippen molar-refractivity contribution in [3.8, 4) is 0 Å². The van der Waals surface area contributed by atoms with Crippen molar-refractivity contribution in [2.24, 2.45) is 0 Å². The second-order valence-electron chi connectivity index (χ2n) is 2.37. The van der Waals surface area contributed by atoms with Gasteiger partial charge in [0, 0.05) is 18.9 Å². The normalized spacial score (nSPS) is 10.2. The summed E-state index contributed by atoms with van der Waals surface area (Å²) in [5.41, 5.74) is 1.63. The van der Waals surface area contributed by atoms with Crippen molar-refractivity contribution in [1.29, 1.82) is 0 Å². The Hall–Kier alpha value is -0.640. The Balaban J connectivity index is 2.95. The molecule has 3 nitrogen and oxygen atoms in total. The highest BCUT2D eigenvalue weighted by molar-refractivity contribution is 6.29. The van der Waals surface area contributed by atoms with Crippen LogP contribution in [0.25, 0.3) is 0 Å². The standard InChI is InChI=1S/C8H10ClNO2/c1-12-5-6-2-8(9)10-3-7(6)4-11/h2-3,11H,4-5H2,1H3. The summed E-state index contributed by atoms with van der Waals surface area (Å²) in [6.07, 6.45) is 1.55. The van der Waals surface area contributed by atoms with Gasteiger partial charge in [0.2, 0.25) is 0 Å². The largest absolute Gasteiger partial charge is 0.392 e. The van der Waals surface area contributed by atoms with E-state index in [-0.39, 0.29) is 6.61 Å². The van der Waals surface area contributed by atoms with Gasteiger partial charge in [-0.05, 0) is 11.6 Å². The molecule has 0 radical (unpaired) electrons. The number of hydrogen-bond acceptors (Lipinski definition) is 3. The second kappa shape index (κ2) is 4.40. The Kier molecular flexibility index (Phi) is 3.47. The lowest BCUT2D eigenvalue weighted by Gasteiger charge is -2.05. The minimum Gasteiger partial charge on any atom is -0.392 e. The smallest absolute Gasteiger partial charge is 0.129 e. The van der Waals surface area contributed by atoms with Crippen molar-refractivity contribution in [2.75, 3.05) is 7.11 Å². The molecular weight excluding hydrogens is 178 g/mol. The Morgan fingerprint density at radius 1 is 1.58 bits per heavy atom. The van der Waals surface area contributed by atoms with Gasteiger partial charge in [-0.1, -0.05) is 11.6 Å². The number of pyridine rings is 1. The molecule has 0 aliphatic heterocycles. The monoisotopic (exact) mass is 187 g/mol. The molecule has 0 fully saturated rings. The lowest BCUT2D eigenvalue weighted by atomic mass is 10.1. The second-order valence-corrected chi connectivity index (χ2v) is 2.75. The van der Waals surface area contributed by atoms with Crippen LogP contribution >= 0.6 is 11.6 Å². The molecule has 0 spiro atoms. The van der Waals surface area contributed by atoms with E-state index in [2.05, 4.69) is 4.98 Å². The minimum atomic E-state index is -0.0388. The van der Waals surface area contributed by atoms with Gasteiger partial charge in [0.1, 0.15) is 5.15 Å². The lowest BCUT2D eigenvalue weighted by molar-refractivity contribution is 0.181. The highest BCUT2D eigenvalue weighted by Gasteiger charge is 2.02. The molecule has 0 saturated carbocycles. The molecule has 0 aliphatic rings. The third-order valence-corrected chi connectivity index (χ3v) is 1.73. The van der Waals surface area contributed by atoms with E-state index in [0.29, 0.717) is 11.8 Å². The Morgan fingerprint density at radius 2 is 2.33 bits per heavy atom. The number of hydrogen-bond donors (Lipinski definition) is 1. The number of rotatable bonds is 3. The lowest BCUT2D eigenvalue weighted by Crippen LogP contribution is -1.97. The van der Waals surface area contributed by atoms with E-state index < -0.39 is 0 Å². The first-order chi connectivity index (χ1) is 5.77. The third kappa shape index (κ3) is 2.17. The van der Waals surface area contributed by atoms with Gasteiger partial charge in [-0.25, -0.2) is 4.98 Å². The molecule has 4 heteroatoms. The van der Waals surface area contributed by atoms with E-state index in [1.54, 1.807) is 19.4 Å². The van der Waals surface area contributed by atoms with E-state index in [0.717, 1.165) is 11.1 Å². The molecule has 12 heavy (non-hydrogen) atoms. The summed E-state index contributed by atoms with van der Waals surface area (Å²) in [6.45, 7) is 0.404. The van der Waals surface area contributed by atoms with Crippen LogP contribution in [0.1, 0.15) is 11.1 Å². The van der Waals surface area contributed by atoms with E-state index in [1.165, 1.54) is 0 Å². The van der Waals surface area contributed by atoms with Gasteiger partial charge in [0.15, 0.2) is 0 Å². The van der Waals surface area contributed by atoms with Gasteiger partial charge in [-0.2, -0.15) is 0 Å². The highest BCUT2D eigenvalue weighted by atomic mass is 35.5. The number of aliphatic hydroxyl groups excluding tert-OH is 1. The number of halogens is 1. The van der Waals surface area contributed by atoms with E-state index in [4.69, 9.17) is 21.4 Å². The molecule has 0 aliphatic carbocycles. The Labute approximate surface area is 76.0 Å². The van der Waals surface area contributed by atoms with Crippen molar-refractivity contribution < 1.29 is 9.84 Å². The number of nitrogens with zero attached hydrogens (tertiary/aromatic N) is 1. The molecular formula is C8H10ClNO2. The molecule has 1 aromatic rings. The molecule has 1 aromatic heterocycles. The summed E-state index contributed by atoms with van der Waals surface area (Å²) in [5, 5.41) is 9.31. The fraction of sp³-hybridized carbons (Fsp3) is 0.375. The summed E-state index contributed by atoms with van der Waals surface area (Å²) in [7, 11) is 1.59. The molecule has 1 N–H and O–H groups in total. The van der Waals surface area contributed by atoms with Crippen LogP contribution in [-0.4, -0.2) is 17.2 Å². The summed E-state index contributed by atoms with van der Waals surface area (Å²) in [5.74, 6) is 0. The van der Waals surface area contributed by atoms with Gasteiger partial charge in [-0.15, -0.1) is 0 Å². The SMILES string of the molecule is COCc1cc(Cl)ncc1CO. The predicted octanol–water partition coefficient (Wildman–Crippen LogP) is 1.37. The number of ether oxygens (including phenoxy) is 1. The maximum Gasteiger partial charge on any atom is 0.129 e. The minimum absolute atomic E-state index is 0.0388.